The van der Waals surface area contributed by atoms with Gasteiger partial charge in [0.25, 0.3) is 0 Å². The molecule has 0 radical (unpaired) electrons. The first kappa shape index (κ1) is 14.0. The molecule has 5 nitrogen and oxygen atoms in total. The SMILES string of the molecule is COc1nc(Cl)nc(Oc2cc(C)c(Br)c(C)c2)n1. The number of hydrogen-bond donors (Lipinski definition) is 0. The van der Waals surface area contributed by atoms with Crippen molar-refractivity contribution in [3.8, 4) is 17.8 Å². The lowest BCUT2D eigenvalue weighted by Gasteiger charge is -2.09. The maximum absolute atomic E-state index is 5.75. The molecule has 2 rings (SSSR count). The topological polar surface area (TPSA) is 57.1 Å². The van der Waals surface area contributed by atoms with E-state index in [2.05, 4.69) is 30.9 Å². The first-order chi connectivity index (χ1) is 8.99. The predicted molar refractivity (Wildman–Crippen MR) is 75.1 cm³/mol. The van der Waals surface area contributed by atoms with E-state index in [0.717, 1.165) is 15.6 Å². The Morgan fingerprint density at radius 3 is 2.21 bits per heavy atom. The van der Waals surface area contributed by atoms with E-state index in [4.69, 9.17) is 21.1 Å². The predicted octanol–water partition coefficient (Wildman–Crippen LogP) is 3.71. The molecule has 0 amide bonds. The van der Waals surface area contributed by atoms with E-state index in [1.54, 1.807) is 0 Å². The highest BCUT2D eigenvalue weighted by Crippen LogP contribution is 2.28. The average Bonchev–Trinajstić information content (AvgIpc) is 2.35. The van der Waals surface area contributed by atoms with Crippen LogP contribution >= 0.6 is 27.5 Å². The van der Waals surface area contributed by atoms with Crippen LogP contribution in [0.5, 0.6) is 17.8 Å². The summed E-state index contributed by atoms with van der Waals surface area (Å²) in [5, 5.41) is 0.0207. The monoisotopic (exact) mass is 343 g/mol. The Morgan fingerprint density at radius 2 is 1.63 bits per heavy atom. The average molecular weight is 345 g/mol. The van der Waals surface area contributed by atoms with Gasteiger partial charge in [0.05, 0.1) is 7.11 Å². The van der Waals surface area contributed by atoms with E-state index in [0.29, 0.717) is 5.75 Å². The van der Waals surface area contributed by atoms with Crippen LogP contribution in [0, 0.1) is 13.8 Å². The van der Waals surface area contributed by atoms with Crippen LogP contribution in [0.3, 0.4) is 0 Å². The Balaban J connectivity index is 2.33. The first-order valence-corrected chi connectivity index (χ1v) is 6.57. The van der Waals surface area contributed by atoms with Gasteiger partial charge in [-0.15, -0.1) is 4.98 Å². The summed E-state index contributed by atoms with van der Waals surface area (Å²) < 4.78 is 11.5. The molecule has 0 saturated carbocycles. The molecule has 19 heavy (non-hydrogen) atoms. The number of halogens is 2. The molecular formula is C12H11BrClN3O2. The van der Waals surface area contributed by atoms with E-state index in [-0.39, 0.29) is 17.3 Å². The molecule has 2 aromatic rings. The second kappa shape index (κ2) is 5.71. The second-order valence-electron chi connectivity index (χ2n) is 3.85. The Bertz CT molecular complexity index is 599. The van der Waals surface area contributed by atoms with Crippen molar-refractivity contribution >= 4 is 27.5 Å². The summed E-state index contributed by atoms with van der Waals surface area (Å²) in [6.07, 6.45) is 0. The molecular weight excluding hydrogens is 334 g/mol. The fourth-order valence-electron chi connectivity index (χ4n) is 1.52. The van der Waals surface area contributed by atoms with E-state index in [1.165, 1.54) is 7.11 Å². The quantitative estimate of drug-likeness (QED) is 0.849. The highest BCUT2D eigenvalue weighted by Gasteiger charge is 2.09. The summed E-state index contributed by atoms with van der Waals surface area (Å²) in [4.78, 5) is 11.6. The number of ether oxygens (including phenoxy) is 2. The normalized spacial score (nSPS) is 10.4. The van der Waals surface area contributed by atoms with Gasteiger partial charge in [0.2, 0.25) is 5.28 Å². The van der Waals surface area contributed by atoms with Crippen LogP contribution in [-0.4, -0.2) is 22.1 Å². The van der Waals surface area contributed by atoms with Crippen molar-refractivity contribution in [2.45, 2.75) is 13.8 Å². The summed E-state index contributed by atoms with van der Waals surface area (Å²) in [6, 6.07) is 3.96. The van der Waals surface area contributed by atoms with Crippen LogP contribution in [0.4, 0.5) is 0 Å². The molecule has 1 aromatic heterocycles. The summed E-state index contributed by atoms with van der Waals surface area (Å²) in [7, 11) is 1.45. The van der Waals surface area contributed by atoms with E-state index in [9.17, 15) is 0 Å². The molecule has 0 bridgehead atoms. The van der Waals surface area contributed by atoms with E-state index < -0.39 is 0 Å². The fraction of sp³-hybridized carbons (Fsp3) is 0.250. The number of hydrogen-bond acceptors (Lipinski definition) is 5. The van der Waals surface area contributed by atoms with Crippen molar-refractivity contribution in [2.24, 2.45) is 0 Å². The van der Waals surface area contributed by atoms with Gasteiger partial charge in [-0.05, 0) is 48.7 Å². The Labute approximate surface area is 124 Å². The molecule has 0 saturated heterocycles. The van der Waals surface area contributed by atoms with Crippen molar-refractivity contribution in [1.29, 1.82) is 0 Å². The number of rotatable bonds is 3. The van der Waals surface area contributed by atoms with Gasteiger partial charge in [-0.3, -0.25) is 0 Å². The number of benzene rings is 1. The van der Waals surface area contributed by atoms with Gasteiger partial charge in [0.1, 0.15) is 5.75 Å². The van der Waals surface area contributed by atoms with Crippen molar-refractivity contribution in [1.82, 2.24) is 15.0 Å². The lowest BCUT2D eigenvalue weighted by molar-refractivity contribution is 0.359. The van der Waals surface area contributed by atoms with Crippen LogP contribution in [-0.2, 0) is 0 Å². The van der Waals surface area contributed by atoms with Gasteiger partial charge in [0, 0.05) is 4.47 Å². The van der Waals surface area contributed by atoms with Crippen molar-refractivity contribution in [3.05, 3.63) is 33.0 Å². The van der Waals surface area contributed by atoms with Crippen LogP contribution in [0.1, 0.15) is 11.1 Å². The number of aromatic nitrogens is 3. The molecule has 0 aliphatic carbocycles. The first-order valence-electron chi connectivity index (χ1n) is 5.39. The van der Waals surface area contributed by atoms with Gasteiger partial charge in [-0.25, -0.2) is 0 Å². The van der Waals surface area contributed by atoms with Crippen molar-refractivity contribution in [2.75, 3.05) is 7.11 Å². The summed E-state index contributed by atoms with van der Waals surface area (Å²) in [5.74, 6) is 0.627. The Hall–Kier alpha value is -1.40. The molecule has 0 aliphatic heterocycles. The fourth-order valence-corrected chi connectivity index (χ4v) is 1.90. The second-order valence-corrected chi connectivity index (χ2v) is 4.98. The van der Waals surface area contributed by atoms with Crippen LogP contribution in [0.2, 0.25) is 5.28 Å². The smallest absolute Gasteiger partial charge is 0.329 e. The number of methoxy groups -OCH3 is 1. The van der Waals surface area contributed by atoms with Crippen LogP contribution in [0.25, 0.3) is 0 Å². The third kappa shape index (κ3) is 3.33. The molecule has 0 aliphatic rings. The lowest BCUT2D eigenvalue weighted by Crippen LogP contribution is -1.99. The third-order valence-electron chi connectivity index (χ3n) is 2.37. The zero-order chi connectivity index (χ0) is 14.0. The number of aryl methyl sites for hydroxylation is 2. The largest absolute Gasteiger partial charge is 0.467 e. The summed E-state index contributed by atoms with van der Waals surface area (Å²) >= 11 is 9.25. The third-order valence-corrected chi connectivity index (χ3v) is 3.79. The maximum Gasteiger partial charge on any atom is 0.329 e. The number of nitrogens with zero attached hydrogens (tertiary/aromatic N) is 3. The molecule has 0 unspecified atom stereocenters. The van der Waals surface area contributed by atoms with Gasteiger partial charge in [-0.1, -0.05) is 15.9 Å². The van der Waals surface area contributed by atoms with E-state index >= 15 is 0 Å². The summed E-state index contributed by atoms with van der Waals surface area (Å²) in [5.41, 5.74) is 2.12. The van der Waals surface area contributed by atoms with E-state index in [1.807, 2.05) is 26.0 Å². The van der Waals surface area contributed by atoms with Gasteiger partial charge in [-0.2, -0.15) is 9.97 Å². The van der Waals surface area contributed by atoms with Gasteiger partial charge < -0.3 is 9.47 Å². The molecule has 1 aromatic carbocycles. The van der Waals surface area contributed by atoms with Crippen LogP contribution < -0.4 is 9.47 Å². The molecule has 1 heterocycles. The van der Waals surface area contributed by atoms with Crippen LogP contribution in [0.15, 0.2) is 16.6 Å². The Kier molecular flexibility index (Phi) is 4.21. The standard InChI is InChI=1S/C12H11BrClN3O2/c1-6-4-8(5-7(2)9(6)13)19-12-16-10(14)15-11(17-12)18-3/h4-5H,1-3H3. The highest BCUT2D eigenvalue weighted by molar-refractivity contribution is 9.10. The van der Waals surface area contributed by atoms with Gasteiger partial charge in [0.15, 0.2) is 0 Å². The summed E-state index contributed by atoms with van der Waals surface area (Å²) in [6.45, 7) is 3.95. The zero-order valence-electron chi connectivity index (χ0n) is 10.6. The van der Waals surface area contributed by atoms with Crippen molar-refractivity contribution in [3.63, 3.8) is 0 Å². The minimum atomic E-state index is 0.0207. The van der Waals surface area contributed by atoms with Gasteiger partial charge >= 0.3 is 12.0 Å². The molecule has 0 spiro atoms. The minimum absolute atomic E-state index is 0.0207. The van der Waals surface area contributed by atoms with Crippen molar-refractivity contribution < 1.29 is 9.47 Å². The zero-order valence-corrected chi connectivity index (χ0v) is 12.9. The lowest BCUT2D eigenvalue weighted by atomic mass is 10.1. The minimum Gasteiger partial charge on any atom is -0.467 e. The molecule has 7 heteroatoms. The maximum atomic E-state index is 5.75. The Morgan fingerprint density at radius 1 is 1.05 bits per heavy atom. The highest BCUT2D eigenvalue weighted by atomic mass is 79.9. The molecule has 0 N–H and O–H groups in total. The molecule has 0 fully saturated rings. The molecule has 0 atom stereocenters. The molecule has 100 valence electrons.